The molecule has 1 aliphatic heterocycles. The molecule has 1 atom stereocenters. The molecule has 2 rings (SSSR count). The van der Waals surface area contributed by atoms with Crippen LogP contribution >= 0.6 is 0 Å². The van der Waals surface area contributed by atoms with E-state index in [0.29, 0.717) is 6.54 Å². The summed E-state index contributed by atoms with van der Waals surface area (Å²) in [5.41, 5.74) is 0.798. The van der Waals surface area contributed by atoms with Gasteiger partial charge in [-0.25, -0.2) is 0 Å². The van der Waals surface area contributed by atoms with Crippen LogP contribution < -0.4 is 0 Å². The number of Topliss-reactive ketones (excluding diaryl/α,β-unsaturated/α-hetero) is 1. The molecule has 1 aromatic heterocycles. The smallest absolute Gasteiger partial charge is 0.178 e. The SMILES string of the molecule is COC1CCCN(CC(=O)c2ccn(C)c2)C1. The fourth-order valence-corrected chi connectivity index (χ4v) is 2.31. The largest absolute Gasteiger partial charge is 0.380 e. The van der Waals surface area contributed by atoms with Gasteiger partial charge in [0.05, 0.1) is 12.6 Å². The van der Waals surface area contributed by atoms with Crippen LogP contribution in [0.1, 0.15) is 23.2 Å². The Balaban J connectivity index is 1.90. The maximum absolute atomic E-state index is 12.0. The van der Waals surface area contributed by atoms with Gasteiger partial charge in [-0.15, -0.1) is 0 Å². The van der Waals surface area contributed by atoms with Crippen LogP contribution in [-0.2, 0) is 11.8 Å². The first-order chi connectivity index (χ1) is 8.19. The second-order valence-electron chi connectivity index (χ2n) is 4.72. The molecule has 4 heteroatoms. The van der Waals surface area contributed by atoms with E-state index in [9.17, 15) is 4.79 Å². The van der Waals surface area contributed by atoms with Crippen molar-refractivity contribution in [3.8, 4) is 0 Å². The Labute approximate surface area is 102 Å². The third kappa shape index (κ3) is 3.17. The third-order valence-corrected chi connectivity index (χ3v) is 3.32. The van der Waals surface area contributed by atoms with Crippen LogP contribution in [0, 0.1) is 0 Å². The predicted octanol–water partition coefficient (Wildman–Crippen LogP) is 1.32. The summed E-state index contributed by atoms with van der Waals surface area (Å²) < 4.78 is 7.26. The van der Waals surface area contributed by atoms with Crippen LogP contribution in [0.4, 0.5) is 0 Å². The van der Waals surface area contributed by atoms with Gasteiger partial charge in [0.15, 0.2) is 5.78 Å². The summed E-state index contributed by atoms with van der Waals surface area (Å²) in [7, 11) is 3.67. The molecule has 0 amide bonds. The van der Waals surface area contributed by atoms with Crippen molar-refractivity contribution in [3.05, 3.63) is 24.0 Å². The van der Waals surface area contributed by atoms with Crippen molar-refractivity contribution in [3.63, 3.8) is 0 Å². The summed E-state index contributed by atoms with van der Waals surface area (Å²) in [6, 6.07) is 1.88. The number of hydrogen-bond donors (Lipinski definition) is 0. The summed E-state index contributed by atoms with van der Waals surface area (Å²) in [5, 5.41) is 0. The summed E-state index contributed by atoms with van der Waals surface area (Å²) in [6.45, 7) is 2.37. The van der Waals surface area contributed by atoms with E-state index < -0.39 is 0 Å². The molecule has 1 fully saturated rings. The molecule has 17 heavy (non-hydrogen) atoms. The first-order valence-corrected chi connectivity index (χ1v) is 6.09. The Hall–Kier alpha value is -1.13. The maximum Gasteiger partial charge on any atom is 0.178 e. The van der Waals surface area contributed by atoms with E-state index in [2.05, 4.69) is 4.90 Å². The number of methoxy groups -OCH3 is 1. The predicted molar refractivity (Wildman–Crippen MR) is 66.2 cm³/mol. The lowest BCUT2D eigenvalue weighted by molar-refractivity contribution is 0.0314. The van der Waals surface area contributed by atoms with Crippen LogP contribution in [0.25, 0.3) is 0 Å². The lowest BCUT2D eigenvalue weighted by atomic mass is 10.1. The highest BCUT2D eigenvalue weighted by Gasteiger charge is 2.21. The quantitative estimate of drug-likeness (QED) is 0.739. The molecule has 0 aliphatic carbocycles. The van der Waals surface area contributed by atoms with Crippen LogP contribution in [0.5, 0.6) is 0 Å². The van der Waals surface area contributed by atoms with Crippen molar-refractivity contribution in [2.75, 3.05) is 26.7 Å². The van der Waals surface area contributed by atoms with Crippen LogP contribution in [-0.4, -0.2) is 48.1 Å². The van der Waals surface area contributed by atoms with Crippen molar-refractivity contribution < 1.29 is 9.53 Å². The monoisotopic (exact) mass is 236 g/mol. The average molecular weight is 236 g/mol. The molecular formula is C13H20N2O2. The van der Waals surface area contributed by atoms with E-state index in [0.717, 1.165) is 31.5 Å². The minimum atomic E-state index is 0.197. The summed E-state index contributed by atoms with van der Waals surface area (Å²) in [5.74, 6) is 0.197. The number of aromatic nitrogens is 1. The van der Waals surface area contributed by atoms with Crippen LogP contribution in [0.2, 0.25) is 0 Å². The van der Waals surface area contributed by atoms with Crippen molar-refractivity contribution in [2.24, 2.45) is 7.05 Å². The number of likely N-dealkylation sites (tertiary alicyclic amines) is 1. The highest BCUT2D eigenvalue weighted by atomic mass is 16.5. The molecule has 1 unspecified atom stereocenters. The molecule has 2 heterocycles. The Morgan fingerprint density at radius 1 is 1.59 bits per heavy atom. The molecule has 94 valence electrons. The van der Waals surface area contributed by atoms with E-state index in [1.807, 2.05) is 30.1 Å². The normalized spacial score (nSPS) is 21.6. The number of aryl methyl sites for hydroxylation is 1. The molecule has 0 bridgehead atoms. The zero-order valence-electron chi connectivity index (χ0n) is 10.6. The number of nitrogens with zero attached hydrogens (tertiary/aromatic N) is 2. The Morgan fingerprint density at radius 2 is 2.41 bits per heavy atom. The zero-order chi connectivity index (χ0) is 12.3. The van der Waals surface area contributed by atoms with Gasteiger partial charge in [0.1, 0.15) is 0 Å². The zero-order valence-corrected chi connectivity index (χ0v) is 10.6. The maximum atomic E-state index is 12.0. The number of ketones is 1. The highest BCUT2D eigenvalue weighted by molar-refractivity contribution is 5.97. The van der Waals surface area contributed by atoms with Crippen molar-refractivity contribution in [1.82, 2.24) is 9.47 Å². The molecule has 4 nitrogen and oxygen atoms in total. The lowest BCUT2D eigenvalue weighted by Crippen LogP contribution is -2.41. The summed E-state index contributed by atoms with van der Waals surface area (Å²) >= 11 is 0. The molecule has 1 saturated heterocycles. The Bertz CT molecular complexity index is 387. The molecule has 0 spiro atoms. The third-order valence-electron chi connectivity index (χ3n) is 3.32. The van der Waals surface area contributed by atoms with Crippen LogP contribution in [0.3, 0.4) is 0 Å². The number of carbonyl (C=O) groups excluding carboxylic acids is 1. The van der Waals surface area contributed by atoms with E-state index in [-0.39, 0.29) is 11.9 Å². The van der Waals surface area contributed by atoms with E-state index >= 15 is 0 Å². The van der Waals surface area contributed by atoms with E-state index in [1.54, 1.807) is 7.11 Å². The number of piperidine rings is 1. The standard InChI is InChI=1S/C13H20N2O2/c1-14-7-5-11(8-14)13(16)10-15-6-3-4-12(9-15)17-2/h5,7-8,12H,3-4,6,9-10H2,1-2H3. The van der Waals surface area contributed by atoms with Crippen molar-refractivity contribution >= 4 is 5.78 Å². The van der Waals surface area contributed by atoms with Gasteiger partial charge in [-0.2, -0.15) is 0 Å². The highest BCUT2D eigenvalue weighted by Crippen LogP contribution is 2.13. The Kier molecular flexibility index (Phi) is 3.97. The molecule has 1 aromatic rings. The van der Waals surface area contributed by atoms with Crippen LogP contribution in [0.15, 0.2) is 18.5 Å². The van der Waals surface area contributed by atoms with Gasteiger partial charge in [0.2, 0.25) is 0 Å². The number of carbonyl (C=O) groups is 1. The molecule has 0 radical (unpaired) electrons. The molecular weight excluding hydrogens is 216 g/mol. The van der Waals surface area contributed by atoms with Gasteiger partial charge in [0.25, 0.3) is 0 Å². The number of ether oxygens (including phenoxy) is 1. The molecule has 0 N–H and O–H groups in total. The minimum absolute atomic E-state index is 0.197. The minimum Gasteiger partial charge on any atom is -0.380 e. The fraction of sp³-hybridized carbons (Fsp3) is 0.615. The Morgan fingerprint density at radius 3 is 3.06 bits per heavy atom. The fourth-order valence-electron chi connectivity index (χ4n) is 2.31. The van der Waals surface area contributed by atoms with Gasteiger partial charge in [-0.3, -0.25) is 9.69 Å². The van der Waals surface area contributed by atoms with Gasteiger partial charge >= 0.3 is 0 Å². The number of hydrogen-bond acceptors (Lipinski definition) is 3. The topological polar surface area (TPSA) is 34.5 Å². The van der Waals surface area contributed by atoms with Crippen molar-refractivity contribution in [1.29, 1.82) is 0 Å². The van der Waals surface area contributed by atoms with Gasteiger partial charge in [-0.05, 0) is 25.5 Å². The second kappa shape index (κ2) is 5.47. The summed E-state index contributed by atoms with van der Waals surface area (Å²) in [6.07, 6.45) is 6.28. The molecule has 0 saturated carbocycles. The second-order valence-corrected chi connectivity index (χ2v) is 4.72. The molecule has 1 aliphatic rings. The first kappa shape index (κ1) is 12.3. The average Bonchev–Trinajstić information content (AvgIpc) is 2.76. The first-order valence-electron chi connectivity index (χ1n) is 6.09. The van der Waals surface area contributed by atoms with Crippen molar-refractivity contribution in [2.45, 2.75) is 18.9 Å². The number of rotatable bonds is 4. The van der Waals surface area contributed by atoms with E-state index in [4.69, 9.17) is 4.74 Å². The summed E-state index contributed by atoms with van der Waals surface area (Å²) in [4.78, 5) is 14.2. The molecule has 0 aromatic carbocycles. The van der Waals surface area contributed by atoms with Gasteiger partial charge in [0, 0.05) is 38.7 Å². The van der Waals surface area contributed by atoms with E-state index in [1.165, 1.54) is 0 Å². The van der Waals surface area contributed by atoms with Gasteiger partial charge in [-0.1, -0.05) is 0 Å². The lowest BCUT2D eigenvalue weighted by Gasteiger charge is -2.31. The van der Waals surface area contributed by atoms with Gasteiger partial charge < -0.3 is 9.30 Å².